The highest BCUT2D eigenvalue weighted by Crippen LogP contribution is 2.20. The molecule has 1 N–H and O–H groups in total. The van der Waals surface area contributed by atoms with Crippen LogP contribution in [0.5, 0.6) is 0 Å². The highest BCUT2D eigenvalue weighted by Gasteiger charge is 2.34. The van der Waals surface area contributed by atoms with Crippen LogP contribution in [0.1, 0.15) is 16.5 Å². The van der Waals surface area contributed by atoms with Crippen LogP contribution in [0.25, 0.3) is 0 Å². The topological polar surface area (TPSA) is 97.5 Å². The summed E-state index contributed by atoms with van der Waals surface area (Å²) < 4.78 is 6.30. The van der Waals surface area contributed by atoms with E-state index in [-0.39, 0.29) is 18.3 Å². The number of likely N-dealkylation sites (tertiary alicyclic amines) is 1. The van der Waals surface area contributed by atoms with Gasteiger partial charge in [0.05, 0.1) is 12.2 Å². The predicted molar refractivity (Wildman–Crippen MR) is 59.1 cm³/mol. The quantitative estimate of drug-likeness (QED) is 0.766. The lowest BCUT2D eigenvalue weighted by Crippen LogP contribution is -2.51. The van der Waals surface area contributed by atoms with E-state index >= 15 is 0 Å². The summed E-state index contributed by atoms with van der Waals surface area (Å²) in [4.78, 5) is 23.5. The van der Waals surface area contributed by atoms with Crippen molar-refractivity contribution in [2.75, 3.05) is 19.7 Å². The van der Waals surface area contributed by atoms with Crippen molar-refractivity contribution in [1.29, 1.82) is 0 Å². The fourth-order valence-corrected chi connectivity index (χ4v) is 1.55. The molecule has 8 nitrogen and oxygen atoms in total. The first-order chi connectivity index (χ1) is 8.61. The average molecular weight is 252 g/mol. The standard InChI is InChI=1S/C10H12N4O4/c1-2-3-18-10(17)13-4-7(5-13)14-6-8(9(15)16)11-12-14/h2,6-7H,1,3-5H2,(H,15,16). The molecule has 0 aliphatic carbocycles. The smallest absolute Gasteiger partial charge is 0.410 e. The minimum Gasteiger partial charge on any atom is -0.476 e. The van der Waals surface area contributed by atoms with Crippen LogP contribution in [0.4, 0.5) is 4.79 Å². The van der Waals surface area contributed by atoms with E-state index in [1.807, 2.05) is 0 Å². The molecular weight excluding hydrogens is 240 g/mol. The fourth-order valence-electron chi connectivity index (χ4n) is 1.55. The van der Waals surface area contributed by atoms with Crippen molar-refractivity contribution in [2.45, 2.75) is 6.04 Å². The summed E-state index contributed by atoms with van der Waals surface area (Å²) in [5.74, 6) is -1.12. The van der Waals surface area contributed by atoms with Crippen molar-refractivity contribution in [3.63, 3.8) is 0 Å². The van der Waals surface area contributed by atoms with Gasteiger partial charge in [-0.05, 0) is 0 Å². The van der Waals surface area contributed by atoms with Crippen molar-refractivity contribution >= 4 is 12.1 Å². The number of aromatic nitrogens is 3. The maximum absolute atomic E-state index is 11.4. The summed E-state index contributed by atoms with van der Waals surface area (Å²) in [5, 5.41) is 15.9. The van der Waals surface area contributed by atoms with Crippen LogP contribution < -0.4 is 0 Å². The Labute approximate surface area is 102 Å². The molecule has 18 heavy (non-hydrogen) atoms. The minimum absolute atomic E-state index is 0.0538. The molecule has 1 fully saturated rings. The summed E-state index contributed by atoms with van der Waals surface area (Å²) in [5.41, 5.74) is -0.109. The largest absolute Gasteiger partial charge is 0.476 e. The van der Waals surface area contributed by atoms with Crippen molar-refractivity contribution in [1.82, 2.24) is 19.9 Å². The van der Waals surface area contributed by atoms with Crippen LogP contribution in [-0.4, -0.2) is 56.8 Å². The van der Waals surface area contributed by atoms with Gasteiger partial charge in [-0.15, -0.1) is 5.10 Å². The Balaban J connectivity index is 1.86. The van der Waals surface area contributed by atoms with Gasteiger partial charge >= 0.3 is 12.1 Å². The molecule has 1 aromatic rings. The first-order valence-electron chi connectivity index (χ1n) is 5.29. The predicted octanol–water partition coefficient (Wildman–Crippen LogP) is 0.156. The Hall–Kier alpha value is -2.38. The molecule has 0 spiro atoms. The molecule has 0 bridgehead atoms. The number of carbonyl (C=O) groups is 2. The number of carboxylic acids is 1. The van der Waals surface area contributed by atoms with Crippen LogP contribution in [0.2, 0.25) is 0 Å². The van der Waals surface area contributed by atoms with Crippen LogP contribution in [0, 0.1) is 0 Å². The third-order valence-electron chi connectivity index (χ3n) is 2.55. The van der Waals surface area contributed by atoms with Crippen molar-refractivity contribution in [3.05, 3.63) is 24.5 Å². The molecule has 2 rings (SSSR count). The highest BCUT2D eigenvalue weighted by molar-refractivity contribution is 5.84. The number of hydrogen-bond acceptors (Lipinski definition) is 5. The molecule has 1 amide bonds. The summed E-state index contributed by atoms with van der Waals surface area (Å²) in [7, 11) is 0. The van der Waals surface area contributed by atoms with E-state index in [4.69, 9.17) is 9.84 Å². The van der Waals surface area contributed by atoms with Gasteiger partial charge in [-0.3, -0.25) is 0 Å². The van der Waals surface area contributed by atoms with Gasteiger partial charge in [0.25, 0.3) is 0 Å². The van der Waals surface area contributed by atoms with E-state index in [1.54, 1.807) is 0 Å². The zero-order chi connectivity index (χ0) is 13.1. The van der Waals surface area contributed by atoms with E-state index in [0.717, 1.165) is 0 Å². The van der Waals surface area contributed by atoms with E-state index < -0.39 is 12.1 Å². The third-order valence-corrected chi connectivity index (χ3v) is 2.55. The maximum Gasteiger partial charge on any atom is 0.410 e. The zero-order valence-corrected chi connectivity index (χ0v) is 9.52. The Morgan fingerprint density at radius 3 is 2.89 bits per heavy atom. The van der Waals surface area contributed by atoms with Gasteiger partial charge < -0.3 is 14.7 Å². The van der Waals surface area contributed by atoms with E-state index in [9.17, 15) is 9.59 Å². The summed E-state index contributed by atoms with van der Waals surface area (Å²) in [6.07, 6.45) is 2.43. The van der Waals surface area contributed by atoms with E-state index in [2.05, 4.69) is 16.9 Å². The average Bonchev–Trinajstić information content (AvgIpc) is 2.73. The van der Waals surface area contributed by atoms with Crippen LogP contribution in [0.3, 0.4) is 0 Å². The van der Waals surface area contributed by atoms with Gasteiger partial charge in [0.2, 0.25) is 0 Å². The second-order valence-corrected chi connectivity index (χ2v) is 3.81. The Kier molecular flexibility index (Phi) is 3.26. The van der Waals surface area contributed by atoms with Crippen molar-refractivity contribution in [3.8, 4) is 0 Å². The van der Waals surface area contributed by atoms with Crippen LogP contribution in [-0.2, 0) is 4.74 Å². The van der Waals surface area contributed by atoms with Crippen LogP contribution >= 0.6 is 0 Å². The van der Waals surface area contributed by atoms with Gasteiger partial charge in [-0.1, -0.05) is 17.9 Å². The first kappa shape index (κ1) is 12.1. The fraction of sp³-hybridized carbons (Fsp3) is 0.400. The number of carboxylic acid groups (broad SMARTS) is 1. The summed E-state index contributed by atoms with van der Waals surface area (Å²) in [6.45, 7) is 4.47. The summed E-state index contributed by atoms with van der Waals surface area (Å²) in [6, 6.07) is -0.0538. The molecule has 0 aromatic carbocycles. The first-order valence-corrected chi connectivity index (χ1v) is 5.29. The maximum atomic E-state index is 11.4. The molecule has 96 valence electrons. The number of carbonyl (C=O) groups excluding carboxylic acids is 1. The normalized spacial score (nSPS) is 15.0. The molecule has 0 unspecified atom stereocenters. The Morgan fingerprint density at radius 1 is 1.61 bits per heavy atom. The second-order valence-electron chi connectivity index (χ2n) is 3.81. The van der Waals surface area contributed by atoms with Gasteiger partial charge in [0.1, 0.15) is 6.61 Å². The number of ether oxygens (including phenoxy) is 1. The SMILES string of the molecule is C=CCOC(=O)N1CC(n2cc(C(=O)O)nn2)C1. The third kappa shape index (κ3) is 2.31. The van der Waals surface area contributed by atoms with E-state index in [1.165, 1.54) is 21.9 Å². The number of aromatic carboxylic acids is 1. The van der Waals surface area contributed by atoms with Gasteiger partial charge in [-0.2, -0.15) is 0 Å². The molecular formula is C10H12N4O4. The molecule has 1 aliphatic rings. The van der Waals surface area contributed by atoms with Gasteiger partial charge in [0, 0.05) is 13.1 Å². The summed E-state index contributed by atoms with van der Waals surface area (Å²) >= 11 is 0. The molecule has 0 atom stereocenters. The molecule has 1 aromatic heterocycles. The number of nitrogens with zero attached hydrogens (tertiary/aromatic N) is 4. The molecule has 8 heteroatoms. The second kappa shape index (κ2) is 4.86. The number of amides is 1. The van der Waals surface area contributed by atoms with Crippen molar-refractivity contribution < 1.29 is 19.4 Å². The lowest BCUT2D eigenvalue weighted by atomic mass is 10.1. The monoisotopic (exact) mass is 252 g/mol. The molecule has 2 heterocycles. The number of hydrogen-bond donors (Lipinski definition) is 1. The van der Waals surface area contributed by atoms with E-state index in [0.29, 0.717) is 13.1 Å². The van der Waals surface area contributed by atoms with Gasteiger partial charge in [0.15, 0.2) is 5.69 Å². The van der Waals surface area contributed by atoms with Crippen LogP contribution in [0.15, 0.2) is 18.9 Å². The van der Waals surface area contributed by atoms with Crippen molar-refractivity contribution in [2.24, 2.45) is 0 Å². The molecule has 1 aliphatic heterocycles. The Bertz CT molecular complexity index is 478. The minimum atomic E-state index is -1.12. The Morgan fingerprint density at radius 2 is 2.33 bits per heavy atom. The molecule has 0 radical (unpaired) electrons. The zero-order valence-electron chi connectivity index (χ0n) is 9.52. The lowest BCUT2D eigenvalue weighted by Gasteiger charge is -2.37. The lowest BCUT2D eigenvalue weighted by molar-refractivity contribution is 0.0594. The number of rotatable bonds is 4. The molecule has 0 saturated carbocycles. The van der Waals surface area contributed by atoms with Gasteiger partial charge in [-0.25, -0.2) is 14.3 Å². The molecule has 1 saturated heterocycles. The highest BCUT2D eigenvalue weighted by atomic mass is 16.6.